The number of benzene rings is 1. The Bertz CT molecular complexity index is 594. The van der Waals surface area contributed by atoms with E-state index in [4.69, 9.17) is 0 Å². The highest BCUT2D eigenvalue weighted by Crippen LogP contribution is 2.29. The minimum Gasteiger partial charge on any atom is -0.348 e. The highest BCUT2D eigenvalue weighted by molar-refractivity contribution is 9.10. The summed E-state index contributed by atoms with van der Waals surface area (Å²) in [5.74, 6) is 0. The van der Waals surface area contributed by atoms with E-state index in [0.29, 0.717) is 6.04 Å². The van der Waals surface area contributed by atoms with Crippen molar-refractivity contribution < 1.29 is 0 Å². The lowest BCUT2D eigenvalue weighted by Crippen LogP contribution is -2.35. The van der Waals surface area contributed by atoms with Gasteiger partial charge in [0, 0.05) is 34.2 Å². The Balaban J connectivity index is 2.00. The van der Waals surface area contributed by atoms with E-state index in [2.05, 4.69) is 58.0 Å². The van der Waals surface area contributed by atoms with Crippen molar-refractivity contribution in [1.29, 1.82) is 0 Å². The molecule has 19 heavy (non-hydrogen) atoms. The number of nitrogens with one attached hydrogen (secondary N) is 1. The first kappa shape index (κ1) is 13.2. The van der Waals surface area contributed by atoms with E-state index in [9.17, 15) is 0 Å². The molecule has 0 saturated carbocycles. The maximum atomic E-state index is 3.66. The molecule has 1 fully saturated rings. The minimum absolute atomic E-state index is 0.654. The van der Waals surface area contributed by atoms with Gasteiger partial charge in [0.1, 0.15) is 0 Å². The molecule has 1 N–H and O–H groups in total. The van der Waals surface area contributed by atoms with Gasteiger partial charge in [-0.2, -0.15) is 0 Å². The van der Waals surface area contributed by atoms with Gasteiger partial charge < -0.3 is 9.88 Å². The summed E-state index contributed by atoms with van der Waals surface area (Å²) < 4.78 is 3.47. The van der Waals surface area contributed by atoms with Crippen LogP contribution < -0.4 is 5.32 Å². The number of hydrogen-bond donors (Lipinski definition) is 1. The van der Waals surface area contributed by atoms with Crippen molar-refractivity contribution in [3.05, 3.63) is 33.9 Å². The Kier molecular flexibility index (Phi) is 3.68. The number of aromatic nitrogens is 1. The molecule has 102 valence electrons. The zero-order chi connectivity index (χ0) is 13.4. The predicted molar refractivity (Wildman–Crippen MR) is 84.7 cm³/mol. The van der Waals surface area contributed by atoms with Crippen LogP contribution in [0.5, 0.6) is 0 Å². The minimum atomic E-state index is 0.654. The van der Waals surface area contributed by atoms with Gasteiger partial charge in [0.15, 0.2) is 0 Å². The molecule has 0 bridgehead atoms. The summed E-state index contributed by atoms with van der Waals surface area (Å²) in [4.78, 5) is 0. The fourth-order valence-electron chi connectivity index (χ4n) is 3.22. The molecule has 2 nitrogen and oxygen atoms in total. The smallest absolute Gasteiger partial charge is 0.0494 e. The number of piperidine rings is 1. The van der Waals surface area contributed by atoms with Crippen LogP contribution >= 0.6 is 15.9 Å². The van der Waals surface area contributed by atoms with E-state index in [0.717, 1.165) is 10.9 Å². The Morgan fingerprint density at radius 3 is 2.95 bits per heavy atom. The number of aryl methyl sites for hydroxylation is 1. The molecule has 0 spiro atoms. The second-order valence-electron chi connectivity index (χ2n) is 5.64. The van der Waals surface area contributed by atoms with Crippen LogP contribution in [0.15, 0.2) is 22.7 Å². The molecule has 2 heterocycles. The first-order chi connectivity index (χ1) is 9.16. The molecule has 2 aromatic rings. The van der Waals surface area contributed by atoms with Crippen LogP contribution in [-0.4, -0.2) is 17.2 Å². The second kappa shape index (κ2) is 5.29. The van der Waals surface area contributed by atoms with Crippen molar-refractivity contribution in [2.45, 2.75) is 38.6 Å². The molecule has 0 radical (unpaired) electrons. The maximum absolute atomic E-state index is 3.66. The van der Waals surface area contributed by atoms with E-state index in [1.54, 1.807) is 0 Å². The summed E-state index contributed by atoms with van der Waals surface area (Å²) in [6.45, 7) is 3.42. The van der Waals surface area contributed by atoms with E-state index in [1.807, 2.05) is 0 Å². The SMILES string of the molecule is Cc1c(CC2CCCCN2)c2ccc(Br)cc2n1C. The van der Waals surface area contributed by atoms with Crippen LogP contribution in [0, 0.1) is 6.92 Å². The Labute approximate surface area is 123 Å². The fourth-order valence-corrected chi connectivity index (χ4v) is 3.57. The standard InChI is InChI=1S/C16H21BrN2/c1-11-15(10-13-5-3-4-8-18-13)14-7-6-12(17)9-16(14)19(11)2/h6-7,9,13,18H,3-5,8,10H2,1-2H3. The highest BCUT2D eigenvalue weighted by atomic mass is 79.9. The fraction of sp³-hybridized carbons (Fsp3) is 0.500. The Hall–Kier alpha value is -0.800. The maximum Gasteiger partial charge on any atom is 0.0494 e. The van der Waals surface area contributed by atoms with E-state index in [-0.39, 0.29) is 0 Å². The zero-order valence-electron chi connectivity index (χ0n) is 11.7. The van der Waals surface area contributed by atoms with Crippen LogP contribution in [0.25, 0.3) is 10.9 Å². The molecule has 3 heteroatoms. The van der Waals surface area contributed by atoms with E-state index >= 15 is 0 Å². The summed E-state index contributed by atoms with van der Waals surface area (Å²) in [6.07, 6.45) is 5.17. The highest BCUT2D eigenvalue weighted by Gasteiger charge is 2.18. The van der Waals surface area contributed by atoms with Gasteiger partial charge in [-0.15, -0.1) is 0 Å². The van der Waals surface area contributed by atoms with Crippen LogP contribution in [0.1, 0.15) is 30.5 Å². The molecule has 1 saturated heterocycles. The average Bonchev–Trinajstić information content (AvgIpc) is 2.65. The van der Waals surface area contributed by atoms with Gasteiger partial charge in [-0.25, -0.2) is 0 Å². The average molecular weight is 321 g/mol. The van der Waals surface area contributed by atoms with Crippen molar-refractivity contribution >= 4 is 26.8 Å². The van der Waals surface area contributed by atoms with Gasteiger partial charge in [-0.05, 0) is 50.4 Å². The molecule has 0 amide bonds. The molecule has 1 aromatic carbocycles. The third kappa shape index (κ3) is 2.46. The van der Waals surface area contributed by atoms with Crippen molar-refractivity contribution in [1.82, 2.24) is 9.88 Å². The molecule has 1 atom stereocenters. The summed E-state index contributed by atoms with van der Waals surface area (Å²) in [5.41, 5.74) is 4.25. The predicted octanol–water partition coefficient (Wildman–Crippen LogP) is 3.93. The lowest BCUT2D eigenvalue weighted by molar-refractivity contribution is 0.399. The quantitative estimate of drug-likeness (QED) is 0.887. The van der Waals surface area contributed by atoms with Crippen molar-refractivity contribution in [2.24, 2.45) is 7.05 Å². The van der Waals surface area contributed by atoms with E-state index in [1.165, 1.54) is 48.0 Å². The number of rotatable bonds is 2. The number of hydrogen-bond acceptors (Lipinski definition) is 1. The molecule has 1 unspecified atom stereocenters. The molecular weight excluding hydrogens is 300 g/mol. The summed E-state index contributed by atoms with van der Waals surface area (Å²) >= 11 is 3.57. The zero-order valence-corrected chi connectivity index (χ0v) is 13.3. The monoisotopic (exact) mass is 320 g/mol. The normalized spacial score (nSPS) is 20.1. The molecule has 1 aliphatic rings. The third-order valence-electron chi connectivity index (χ3n) is 4.45. The number of nitrogens with zero attached hydrogens (tertiary/aromatic N) is 1. The first-order valence-electron chi connectivity index (χ1n) is 7.13. The van der Waals surface area contributed by atoms with Gasteiger partial charge in [-0.3, -0.25) is 0 Å². The lowest BCUT2D eigenvalue weighted by Gasteiger charge is -2.23. The van der Waals surface area contributed by atoms with Crippen LogP contribution in [0.2, 0.25) is 0 Å². The second-order valence-corrected chi connectivity index (χ2v) is 6.55. The molecule has 0 aliphatic carbocycles. The van der Waals surface area contributed by atoms with Crippen molar-refractivity contribution in [3.8, 4) is 0 Å². The van der Waals surface area contributed by atoms with Gasteiger partial charge >= 0.3 is 0 Å². The number of fused-ring (bicyclic) bond motifs is 1. The van der Waals surface area contributed by atoms with Crippen LogP contribution in [0.3, 0.4) is 0 Å². The van der Waals surface area contributed by atoms with Crippen LogP contribution in [0.4, 0.5) is 0 Å². The third-order valence-corrected chi connectivity index (χ3v) is 4.94. The molecule has 1 aliphatic heterocycles. The van der Waals surface area contributed by atoms with Gasteiger partial charge in [0.25, 0.3) is 0 Å². The summed E-state index contributed by atoms with van der Waals surface area (Å²) in [7, 11) is 2.17. The van der Waals surface area contributed by atoms with Gasteiger partial charge in [-0.1, -0.05) is 28.4 Å². The lowest BCUT2D eigenvalue weighted by atomic mass is 9.96. The first-order valence-corrected chi connectivity index (χ1v) is 7.93. The largest absolute Gasteiger partial charge is 0.348 e. The molecular formula is C16H21BrN2. The summed E-state index contributed by atoms with van der Waals surface area (Å²) in [6, 6.07) is 7.28. The van der Waals surface area contributed by atoms with Crippen molar-refractivity contribution in [3.63, 3.8) is 0 Å². The molecule has 1 aromatic heterocycles. The molecule has 3 rings (SSSR count). The van der Waals surface area contributed by atoms with Gasteiger partial charge in [0.05, 0.1) is 0 Å². The number of halogens is 1. The summed E-state index contributed by atoms with van der Waals surface area (Å²) in [5, 5.41) is 5.07. The van der Waals surface area contributed by atoms with Gasteiger partial charge in [0.2, 0.25) is 0 Å². The van der Waals surface area contributed by atoms with E-state index < -0.39 is 0 Å². The topological polar surface area (TPSA) is 17.0 Å². The Morgan fingerprint density at radius 2 is 2.21 bits per heavy atom. The van der Waals surface area contributed by atoms with Crippen molar-refractivity contribution in [2.75, 3.05) is 6.54 Å². The van der Waals surface area contributed by atoms with Crippen LogP contribution in [-0.2, 0) is 13.5 Å². The Morgan fingerprint density at radius 1 is 1.37 bits per heavy atom.